The van der Waals surface area contributed by atoms with E-state index < -0.39 is 14.9 Å². The second kappa shape index (κ2) is 7.27. The molecule has 2 fully saturated rings. The zero-order valence-electron chi connectivity index (χ0n) is 14.3. The summed E-state index contributed by atoms with van der Waals surface area (Å²) in [4.78, 5) is 13.1. The third-order valence-electron chi connectivity index (χ3n) is 4.86. The quantitative estimate of drug-likeness (QED) is 0.595. The number of hydrogen-bond donors (Lipinski definition) is 0. The Hall–Kier alpha value is -1.71. The average Bonchev–Trinajstić information content (AvgIpc) is 2.62. The zero-order chi connectivity index (χ0) is 18.0. The van der Waals surface area contributed by atoms with Crippen molar-refractivity contribution in [2.24, 2.45) is 0 Å². The summed E-state index contributed by atoms with van der Waals surface area (Å²) in [5, 5.41) is 11.6. The molecule has 25 heavy (non-hydrogen) atoms. The maximum atomic E-state index is 12.7. The molecule has 1 aromatic rings. The predicted molar refractivity (Wildman–Crippen MR) is 93.3 cm³/mol. The topological polar surface area (TPSA) is 93.0 Å². The van der Waals surface area contributed by atoms with Crippen LogP contribution in [0.25, 0.3) is 0 Å². The molecule has 2 saturated heterocycles. The first-order chi connectivity index (χ1) is 11.9. The molecule has 1 unspecified atom stereocenters. The van der Waals surface area contributed by atoms with E-state index in [2.05, 4.69) is 0 Å². The Kier molecular flexibility index (Phi) is 5.26. The van der Waals surface area contributed by atoms with Crippen molar-refractivity contribution in [3.8, 4) is 0 Å². The normalized spacial score (nSPS) is 22.8. The van der Waals surface area contributed by atoms with E-state index in [0.29, 0.717) is 18.9 Å². The van der Waals surface area contributed by atoms with E-state index in [0.717, 1.165) is 25.8 Å². The van der Waals surface area contributed by atoms with E-state index in [-0.39, 0.29) is 29.7 Å². The molecule has 9 heteroatoms. The molecule has 1 atom stereocenters. The number of nitro benzene ring substituents is 1. The molecule has 0 spiro atoms. The number of ether oxygens (including phenoxy) is 1. The van der Waals surface area contributed by atoms with Gasteiger partial charge in [0.1, 0.15) is 5.69 Å². The number of nitro groups is 1. The summed E-state index contributed by atoms with van der Waals surface area (Å²) in [6.07, 6.45) is 3.06. The standard InChI is InChI=1S/C16H23N3O5S/c1-13-4-2-3-7-18(13)15-6-5-14(12-16(15)19(20)21)25(22,23)17-8-10-24-11-9-17/h5-6,12-13H,2-4,7-11H2,1H3. The number of sulfonamides is 1. The molecule has 0 radical (unpaired) electrons. The maximum absolute atomic E-state index is 12.7. The van der Waals surface area contributed by atoms with Crippen LogP contribution in [0.5, 0.6) is 0 Å². The summed E-state index contributed by atoms with van der Waals surface area (Å²) in [7, 11) is -3.75. The maximum Gasteiger partial charge on any atom is 0.293 e. The Morgan fingerprint density at radius 3 is 2.56 bits per heavy atom. The molecular weight excluding hydrogens is 346 g/mol. The molecule has 0 aromatic heterocycles. The van der Waals surface area contributed by atoms with Crippen LogP contribution >= 0.6 is 0 Å². The molecule has 8 nitrogen and oxygen atoms in total. The van der Waals surface area contributed by atoms with E-state index in [1.54, 1.807) is 6.07 Å². The molecule has 0 saturated carbocycles. The van der Waals surface area contributed by atoms with E-state index in [4.69, 9.17) is 4.74 Å². The molecular formula is C16H23N3O5S. The summed E-state index contributed by atoms with van der Waals surface area (Å²) in [6.45, 7) is 4.00. The summed E-state index contributed by atoms with van der Waals surface area (Å²) < 4.78 is 32.0. The van der Waals surface area contributed by atoms with Gasteiger partial charge in [0.25, 0.3) is 5.69 Å². The van der Waals surface area contributed by atoms with Crippen LogP contribution in [-0.2, 0) is 14.8 Å². The number of nitrogens with zero attached hydrogens (tertiary/aromatic N) is 3. The fourth-order valence-electron chi connectivity index (χ4n) is 3.44. The van der Waals surface area contributed by atoms with E-state index in [1.807, 2.05) is 11.8 Å². The van der Waals surface area contributed by atoms with Gasteiger partial charge in [0.2, 0.25) is 10.0 Å². The smallest absolute Gasteiger partial charge is 0.293 e. The number of anilines is 1. The number of piperidine rings is 1. The average molecular weight is 369 g/mol. The van der Waals surface area contributed by atoms with Gasteiger partial charge >= 0.3 is 0 Å². The highest BCUT2D eigenvalue weighted by molar-refractivity contribution is 7.89. The van der Waals surface area contributed by atoms with Gasteiger partial charge in [-0.3, -0.25) is 10.1 Å². The number of benzene rings is 1. The Morgan fingerprint density at radius 2 is 1.92 bits per heavy atom. The van der Waals surface area contributed by atoms with Gasteiger partial charge in [0, 0.05) is 31.7 Å². The Bertz CT molecular complexity index is 746. The van der Waals surface area contributed by atoms with Crippen LogP contribution in [0.2, 0.25) is 0 Å². The van der Waals surface area contributed by atoms with Crippen LogP contribution in [0.15, 0.2) is 23.1 Å². The largest absolute Gasteiger partial charge is 0.379 e. The molecule has 2 aliphatic rings. The number of morpholine rings is 1. The molecule has 0 aliphatic carbocycles. The Labute approximate surface area is 147 Å². The first-order valence-electron chi connectivity index (χ1n) is 8.54. The molecule has 1 aromatic carbocycles. The third-order valence-corrected chi connectivity index (χ3v) is 6.76. The molecule has 2 heterocycles. The predicted octanol–water partition coefficient (Wildman–Crippen LogP) is 1.99. The van der Waals surface area contributed by atoms with Crippen LogP contribution in [-0.4, -0.2) is 56.5 Å². The third kappa shape index (κ3) is 3.63. The van der Waals surface area contributed by atoms with Gasteiger partial charge in [-0.1, -0.05) is 0 Å². The first kappa shape index (κ1) is 18.1. The van der Waals surface area contributed by atoms with Gasteiger partial charge in [-0.2, -0.15) is 4.31 Å². The monoisotopic (exact) mass is 369 g/mol. The lowest BCUT2D eigenvalue weighted by Gasteiger charge is -2.35. The van der Waals surface area contributed by atoms with Gasteiger partial charge in [0.05, 0.1) is 23.0 Å². The lowest BCUT2D eigenvalue weighted by atomic mass is 10.0. The molecule has 0 amide bonds. The van der Waals surface area contributed by atoms with Crippen LogP contribution in [0.3, 0.4) is 0 Å². The molecule has 0 bridgehead atoms. The molecule has 0 N–H and O–H groups in total. The number of hydrogen-bond acceptors (Lipinski definition) is 6. The van der Waals surface area contributed by atoms with Gasteiger partial charge < -0.3 is 9.64 Å². The van der Waals surface area contributed by atoms with E-state index in [1.165, 1.54) is 16.4 Å². The van der Waals surface area contributed by atoms with Crippen molar-refractivity contribution in [2.75, 3.05) is 37.7 Å². The highest BCUT2D eigenvalue weighted by atomic mass is 32.2. The van der Waals surface area contributed by atoms with Gasteiger partial charge in [-0.15, -0.1) is 0 Å². The highest BCUT2D eigenvalue weighted by Gasteiger charge is 2.31. The van der Waals surface area contributed by atoms with Crippen LogP contribution in [0.4, 0.5) is 11.4 Å². The second-order valence-electron chi connectivity index (χ2n) is 6.46. The highest BCUT2D eigenvalue weighted by Crippen LogP contribution is 2.35. The second-order valence-corrected chi connectivity index (χ2v) is 8.40. The van der Waals surface area contributed by atoms with Gasteiger partial charge in [-0.05, 0) is 38.3 Å². The summed E-state index contributed by atoms with van der Waals surface area (Å²) in [5.74, 6) is 0. The molecule has 2 aliphatic heterocycles. The first-order valence-corrected chi connectivity index (χ1v) is 9.98. The van der Waals surface area contributed by atoms with Crippen LogP contribution < -0.4 is 4.90 Å². The van der Waals surface area contributed by atoms with Crippen molar-refractivity contribution in [1.29, 1.82) is 0 Å². The Morgan fingerprint density at radius 1 is 1.20 bits per heavy atom. The van der Waals surface area contributed by atoms with Crippen LogP contribution in [0.1, 0.15) is 26.2 Å². The Balaban J connectivity index is 1.97. The SMILES string of the molecule is CC1CCCCN1c1ccc(S(=O)(=O)N2CCOCC2)cc1[N+](=O)[O-]. The fourth-order valence-corrected chi connectivity index (χ4v) is 4.87. The lowest BCUT2D eigenvalue weighted by Crippen LogP contribution is -2.40. The minimum atomic E-state index is -3.75. The summed E-state index contributed by atoms with van der Waals surface area (Å²) in [5.41, 5.74) is 0.348. The van der Waals surface area contributed by atoms with Crippen molar-refractivity contribution in [3.05, 3.63) is 28.3 Å². The van der Waals surface area contributed by atoms with Gasteiger partial charge in [-0.25, -0.2) is 8.42 Å². The minimum Gasteiger partial charge on any atom is -0.379 e. The summed E-state index contributed by atoms with van der Waals surface area (Å²) >= 11 is 0. The number of rotatable bonds is 4. The van der Waals surface area contributed by atoms with Crippen molar-refractivity contribution >= 4 is 21.4 Å². The van der Waals surface area contributed by atoms with E-state index >= 15 is 0 Å². The molecule has 3 rings (SSSR count). The van der Waals surface area contributed by atoms with Crippen LogP contribution in [0, 0.1) is 10.1 Å². The van der Waals surface area contributed by atoms with Crippen molar-refractivity contribution in [1.82, 2.24) is 4.31 Å². The zero-order valence-corrected chi connectivity index (χ0v) is 15.1. The fraction of sp³-hybridized carbons (Fsp3) is 0.625. The van der Waals surface area contributed by atoms with Crippen molar-refractivity contribution < 1.29 is 18.1 Å². The molecule has 138 valence electrons. The van der Waals surface area contributed by atoms with Crippen molar-refractivity contribution in [2.45, 2.75) is 37.1 Å². The van der Waals surface area contributed by atoms with Crippen molar-refractivity contribution in [3.63, 3.8) is 0 Å². The lowest BCUT2D eigenvalue weighted by molar-refractivity contribution is -0.384. The van der Waals surface area contributed by atoms with E-state index in [9.17, 15) is 18.5 Å². The summed E-state index contributed by atoms with van der Waals surface area (Å²) in [6, 6.07) is 4.46. The van der Waals surface area contributed by atoms with Gasteiger partial charge in [0.15, 0.2) is 0 Å². The minimum absolute atomic E-state index is 0.0329.